The summed E-state index contributed by atoms with van der Waals surface area (Å²) >= 11 is 0. The lowest BCUT2D eigenvalue weighted by molar-refractivity contribution is -0.168. The molecule has 6 heteroatoms. The van der Waals surface area contributed by atoms with Crippen molar-refractivity contribution in [1.82, 2.24) is 14.9 Å². The zero-order chi connectivity index (χ0) is 33.3. The fraction of sp³-hybridized carbons (Fsp3) is 0.400. The fourth-order valence-corrected chi connectivity index (χ4v) is 6.77. The molecule has 3 aromatic carbocycles. The van der Waals surface area contributed by atoms with Crippen LogP contribution in [0.2, 0.25) is 0 Å². The summed E-state index contributed by atoms with van der Waals surface area (Å²) in [6, 6.07) is 25.8. The van der Waals surface area contributed by atoms with E-state index >= 15 is 4.79 Å². The quantitative estimate of drug-likeness (QED) is 0.194. The molecule has 6 nitrogen and oxygen atoms in total. The molecule has 1 aliphatic heterocycles. The predicted octanol–water partition coefficient (Wildman–Crippen LogP) is 8.94. The number of ether oxygens (including phenoxy) is 1. The fourth-order valence-electron chi connectivity index (χ4n) is 6.77. The Morgan fingerprint density at radius 2 is 1.57 bits per heavy atom. The van der Waals surface area contributed by atoms with Crippen molar-refractivity contribution < 1.29 is 14.3 Å². The Bertz CT molecular complexity index is 1650. The summed E-state index contributed by atoms with van der Waals surface area (Å²) in [5, 5.41) is 0. The Morgan fingerprint density at radius 1 is 0.891 bits per heavy atom. The Balaban J connectivity index is 1.76. The number of nitrogens with zero attached hydrogens (tertiary/aromatic N) is 3. The van der Waals surface area contributed by atoms with Gasteiger partial charge in [-0.2, -0.15) is 0 Å². The molecule has 0 spiro atoms. The van der Waals surface area contributed by atoms with Gasteiger partial charge in [0.2, 0.25) is 0 Å². The van der Waals surface area contributed by atoms with Crippen LogP contribution in [-0.2, 0) is 14.9 Å². The summed E-state index contributed by atoms with van der Waals surface area (Å²) in [6.07, 6.45) is 5.91. The first-order chi connectivity index (χ1) is 21.7. The second-order valence-corrected chi connectivity index (χ2v) is 15.0. The lowest BCUT2D eigenvalue weighted by Gasteiger charge is -2.42. The molecule has 3 atom stereocenters. The first-order valence-electron chi connectivity index (χ1n) is 16.3. The van der Waals surface area contributed by atoms with E-state index in [2.05, 4.69) is 69.9 Å². The number of carbonyl (C=O) groups is 2. The van der Waals surface area contributed by atoms with Gasteiger partial charge in [0, 0.05) is 30.1 Å². The van der Waals surface area contributed by atoms with Crippen molar-refractivity contribution in [3.05, 3.63) is 120 Å². The SMILES string of the molecule is CC(C)C[C@@]1(C(=O)OC(C)(C)C)C[C@H](c2cnccn2)[C@H](c2cccc(-c3ccccc3)c2)N1C(=O)c1ccc(C(C)(C)C)cc1. The predicted molar refractivity (Wildman–Crippen MR) is 183 cm³/mol. The maximum absolute atomic E-state index is 15.1. The van der Waals surface area contributed by atoms with Crippen LogP contribution in [-0.4, -0.2) is 37.9 Å². The molecular weight excluding hydrogens is 570 g/mol. The molecule has 1 aliphatic rings. The average Bonchev–Trinajstić information content (AvgIpc) is 3.36. The zero-order valence-corrected chi connectivity index (χ0v) is 28.5. The van der Waals surface area contributed by atoms with Crippen molar-refractivity contribution in [2.75, 3.05) is 0 Å². The van der Waals surface area contributed by atoms with Crippen molar-refractivity contribution in [2.24, 2.45) is 5.92 Å². The molecular formula is C40H47N3O3. The summed E-state index contributed by atoms with van der Waals surface area (Å²) in [5.74, 6) is -0.788. The molecule has 1 aromatic heterocycles. The Hall–Kier alpha value is -4.32. The van der Waals surface area contributed by atoms with E-state index < -0.39 is 17.2 Å². The number of esters is 1. The van der Waals surface area contributed by atoms with E-state index in [1.807, 2.05) is 74.2 Å². The van der Waals surface area contributed by atoms with Crippen LogP contribution in [0.1, 0.15) is 107 Å². The number of carbonyl (C=O) groups excluding carboxylic acids is 2. The number of hydrogen-bond acceptors (Lipinski definition) is 5. The molecule has 240 valence electrons. The molecule has 0 unspecified atom stereocenters. The molecule has 46 heavy (non-hydrogen) atoms. The third-order valence-electron chi connectivity index (χ3n) is 8.72. The van der Waals surface area contributed by atoms with E-state index in [0.717, 1.165) is 27.9 Å². The van der Waals surface area contributed by atoms with Gasteiger partial charge in [0.1, 0.15) is 11.1 Å². The number of rotatable bonds is 7. The van der Waals surface area contributed by atoms with E-state index in [0.29, 0.717) is 18.4 Å². The Labute approximate surface area is 274 Å². The molecule has 1 amide bonds. The van der Waals surface area contributed by atoms with Crippen molar-refractivity contribution in [3.8, 4) is 11.1 Å². The highest BCUT2D eigenvalue weighted by Gasteiger charge is 2.60. The van der Waals surface area contributed by atoms with Gasteiger partial charge in [-0.15, -0.1) is 0 Å². The summed E-state index contributed by atoms with van der Waals surface area (Å²) in [4.78, 5) is 40.7. The maximum Gasteiger partial charge on any atom is 0.332 e. The van der Waals surface area contributed by atoms with Gasteiger partial charge in [-0.3, -0.25) is 14.8 Å². The van der Waals surface area contributed by atoms with Gasteiger partial charge in [0.15, 0.2) is 0 Å². The van der Waals surface area contributed by atoms with E-state index in [9.17, 15) is 4.79 Å². The summed E-state index contributed by atoms with van der Waals surface area (Å²) in [5.41, 5.74) is 3.42. The molecule has 5 rings (SSSR count). The van der Waals surface area contributed by atoms with E-state index in [-0.39, 0.29) is 29.1 Å². The lowest BCUT2D eigenvalue weighted by atomic mass is 9.82. The molecule has 0 bridgehead atoms. The molecule has 0 aliphatic carbocycles. The van der Waals surface area contributed by atoms with Gasteiger partial charge < -0.3 is 9.64 Å². The zero-order valence-electron chi connectivity index (χ0n) is 28.5. The van der Waals surface area contributed by atoms with Crippen LogP contribution in [0.25, 0.3) is 11.1 Å². The van der Waals surface area contributed by atoms with Crippen molar-refractivity contribution in [3.63, 3.8) is 0 Å². The first kappa shape index (κ1) is 33.1. The van der Waals surface area contributed by atoms with Crippen LogP contribution >= 0.6 is 0 Å². The lowest BCUT2D eigenvalue weighted by Crippen LogP contribution is -2.56. The largest absolute Gasteiger partial charge is 0.458 e. The molecule has 0 radical (unpaired) electrons. The summed E-state index contributed by atoms with van der Waals surface area (Å²) in [6.45, 7) is 16.3. The molecule has 0 N–H and O–H groups in total. The minimum atomic E-state index is -1.24. The van der Waals surface area contributed by atoms with Gasteiger partial charge in [0.05, 0.1) is 11.7 Å². The third-order valence-corrected chi connectivity index (χ3v) is 8.72. The molecule has 1 saturated heterocycles. The smallest absolute Gasteiger partial charge is 0.332 e. The summed E-state index contributed by atoms with van der Waals surface area (Å²) in [7, 11) is 0. The van der Waals surface area contributed by atoms with Crippen molar-refractivity contribution >= 4 is 11.9 Å². The van der Waals surface area contributed by atoms with E-state index in [4.69, 9.17) is 9.72 Å². The van der Waals surface area contributed by atoms with Gasteiger partial charge in [-0.1, -0.05) is 95.3 Å². The van der Waals surface area contributed by atoms with E-state index in [1.165, 1.54) is 0 Å². The van der Waals surface area contributed by atoms with Crippen LogP contribution in [0.3, 0.4) is 0 Å². The highest BCUT2D eigenvalue weighted by molar-refractivity contribution is 5.99. The van der Waals surface area contributed by atoms with Crippen molar-refractivity contribution in [1.29, 1.82) is 0 Å². The average molecular weight is 618 g/mol. The second kappa shape index (κ2) is 12.8. The number of aromatic nitrogens is 2. The van der Waals surface area contributed by atoms with Gasteiger partial charge in [-0.25, -0.2) is 4.79 Å². The highest BCUT2D eigenvalue weighted by Crippen LogP contribution is 2.55. The molecule has 2 heterocycles. The van der Waals surface area contributed by atoms with Crippen LogP contribution < -0.4 is 0 Å². The normalized spacial score (nSPS) is 20.2. The van der Waals surface area contributed by atoms with Crippen LogP contribution in [0.4, 0.5) is 0 Å². The second-order valence-electron chi connectivity index (χ2n) is 15.0. The minimum absolute atomic E-state index is 0.0649. The topological polar surface area (TPSA) is 72.4 Å². The standard InChI is InChI=1S/C40H47N3O3/c1-27(2)24-40(37(45)46-39(6,7)8)25-33(34-26-41-21-22-42-34)35(31-16-12-15-30(23-31)28-13-10-9-11-14-28)43(40)36(44)29-17-19-32(20-18-29)38(3,4)5/h9-23,26-27,33,35H,24-25H2,1-8H3/t33-,35+,40+/m1/s1. The number of amides is 1. The number of hydrogen-bond donors (Lipinski definition) is 0. The van der Waals surface area contributed by atoms with Crippen LogP contribution in [0.5, 0.6) is 0 Å². The Kier molecular flexibility index (Phi) is 9.21. The summed E-state index contributed by atoms with van der Waals surface area (Å²) < 4.78 is 6.20. The number of benzene rings is 3. The van der Waals surface area contributed by atoms with Crippen LogP contribution in [0, 0.1) is 5.92 Å². The highest BCUT2D eigenvalue weighted by atomic mass is 16.6. The van der Waals surface area contributed by atoms with Gasteiger partial charge >= 0.3 is 5.97 Å². The maximum atomic E-state index is 15.1. The molecule has 1 fully saturated rings. The van der Waals surface area contributed by atoms with Crippen LogP contribution in [0.15, 0.2) is 97.5 Å². The Morgan fingerprint density at radius 3 is 2.15 bits per heavy atom. The molecule has 4 aromatic rings. The van der Waals surface area contributed by atoms with Gasteiger partial charge in [0.25, 0.3) is 5.91 Å². The number of likely N-dealkylation sites (tertiary alicyclic amines) is 1. The third kappa shape index (κ3) is 6.91. The first-order valence-corrected chi connectivity index (χ1v) is 16.3. The molecule has 0 saturated carbocycles. The van der Waals surface area contributed by atoms with E-state index in [1.54, 1.807) is 18.6 Å². The van der Waals surface area contributed by atoms with Gasteiger partial charge in [-0.05, 0) is 85.4 Å². The minimum Gasteiger partial charge on any atom is -0.458 e. The monoisotopic (exact) mass is 617 g/mol. The van der Waals surface area contributed by atoms with Crippen molar-refractivity contribution in [2.45, 2.75) is 96.7 Å².